The molecule has 6 nitrogen and oxygen atoms in total. The fraction of sp³-hybridized carbons (Fsp3) is 0.263. The van der Waals surface area contributed by atoms with Gasteiger partial charge in [0.2, 0.25) is 0 Å². The van der Waals surface area contributed by atoms with Crippen LogP contribution in [0.15, 0.2) is 48.5 Å². The molecule has 0 aliphatic rings. The van der Waals surface area contributed by atoms with Crippen LogP contribution in [0.5, 0.6) is 11.5 Å². The summed E-state index contributed by atoms with van der Waals surface area (Å²) >= 11 is 0. The summed E-state index contributed by atoms with van der Waals surface area (Å²) in [7, 11) is 1.26. The molecule has 0 aliphatic heterocycles. The Labute approximate surface area is 154 Å². The Balaban J connectivity index is 2.19. The van der Waals surface area contributed by atoms with Crippen LogP contribution >= 0.6 is 0 Å². The van der Waals surface area contributed by atoms with Gasteiger partial charge in [-0.15, -0.1) is 0 Å². The summed E-state index contributed by atoms with van der Waals surface area (Å²) in [4.78, 5) is 25.0. The lowest BCUT2D eigenvalue weighted by Crippen LogP contribution is -2.37. The van der Waals surface area contributed by atoms with E-state index in [1.54, 1.807) is 0 Å². The van der Waals surface area contributed by atoms with Gasteiger partial charge in [-0.3, -0.25) is 9.59 Å². The minimum atomic E-state index is -3.03. The number of methoxy groups -OCH3 is 1. The second-order valence-electron chi connectivity index (χ2n) is 5.60. The SMILES string of the molecule is COc1cc(C(=O)N(CCc2ccccc2)CC(=O)O)ccc1OC(F)F. The van der Waals surface area contributed by atoms with Crippen molar-refractivity contribution in [3.05, 3.63) is 59.7 Å². The first-order valence-corrected chi connectivity index (χ1v) is 8.08. The Morgan fingerprint density at radius 1 is 1.11 bits per heavy atom. The van der Waals surface area contributed by atoms with E-state index in [4.69, 9.17) is 9.84 Å². The van der Waals surface area contributed by atoms with Crippen LogP contribution in [-0.2, 0) is 11.2 Å². The quantitative estimate of drug-likeness (QED) is 0.725. The van der Waals surface area contributed by atoms with Crippen LogP contribution in [-0.4, -0.2) is 48.7 Å². The molecule has 27 heavy (non-hydrogen) atoms. The van der Waals surface area contributed by atoms with Gasteiger partial charge in [-0.2, -0.15) is 8.78 Å². The van der Waals surface area contributed by atoms with E-state index in [9.17, 15) is 18.4 Å². The number of carboxylic acid groups (broad SMARTS) is 1. The lowest BCUT2D eigenvalue weighted by molar-refractivity contribution is -0.137. The minimum absolute atomic E-state index is 0.0421. The fourth-order valence-corrected chi connectivity index (χ4v) is 2.50. The van der Waals surface area contributed by atoms with Crippen LogP contribution in [0.4, 0.5) is 8.78 Å². The van der Waals surface area contributed by atoms with Crippen LogP contribution in [0.3, 0.4) is 0 Å². The molecule has 0 spiro atoms. The van der Waals surface area contributed by atoms with Gasteiger partial charge in [-0.1, -0.05) is 30.3 Å². The van der Waals surface area contributed by atoms with E-state index < -0.39 is 25.0 Å². The van der Waals surface area contributed by atoms with Crippen LogP contribution < -0.4 is 9.47 Å². The second kappa shape index (κ2) is 9.51. The number of nitrogens with zero attached hydrogens (tertiary/aromatic N) is 1. The number of carboxylic acids is 1. The molecular weight excluding hydrogens is 360 g/mol. The number of carbonyl (C=O) groups is 2. The lowest BCUT2D eigenvalue weighted by Gasteiger charge is -2.21. The summed E-state index contributed by atoms with van der Waals surface area (Å²) in [5, 5.41) is 9.10. The Bertz CT molecular complexity index is 783. The number of hydrogen-bond acceptors (Lipinski definition) is 4. The zero-order valence-corrected chi connectivity index (χ0v) is 14.6. The van der Waals surface area contributed by atoms with Crippen molar-refractivity contribution in [3.8, 4) is 11.5 Å². The standard InChI is InChI=1S/C19H19F2NO5/c1-26-16-11-14(7-8-15(16)27-19(20)21)18(25)22(12-17(23)24)10-9-13-5-3-2-4-6-13/h2-8,11,19H,9-10,12H2,1H3,(H,23,24). The molecule has 0 saturated carbocycles. The number of amides is 1. The average Bonchev–Trinajstić information content (AvgIpc) is 2.65. The smallest absolute Gasteiger partial charge is 0.387 e. The summed E-state index contributed by atoms with van der Waals surface area (Å²) in [6, 6.07) is 13.0. The van der Waals surface area contributed by atoms with Crippen molar-refractivity contribution in [2.75, 3.05) is 20.2 Å². The molecule has 2 aromatic rings. The zero-order valence-electron chi connectivity index (χ0n) is 14.6. The Hall–Kier alpha value is -3.16. The van der Waals surface area contributed by atoms with Crippen molar-refractivity contribution in [1.29, 1.82) is 0 Å². The molecule has 0 saturated heterocycles. The van der Waals surface area contributed by atoms with Gasteiger partial charge in [0, 0.05) is 12.1 Å². The summed E-state index contributed by atoms with van der Waals surface area (Å²) in [6.07, 6.45) is 0.476. The van der Waals surface area contributed by atoms with E-state index in [1.165, 1.54) is 30.2 Å². The van der Waals surface area contributed by atoms with Gasteiger partial charge in [-0.05, 0) is 30.2 Å². The molecule has 144 valence electrons. The summed E-state index contributed by atoms with van der Waals surface area (Å²) in [5.74, 6) is -1.95. The van der Waals surface area contributed by atoms with Gasteiger partial charge in [0.25, 0.3) is 5.91 Å². The maximum Gasteiger partial charge on any atom is 0.387 e. The maximum atomic E-state index is 12.7. The molecule has 0 radical (unpaired) electrons. The second-order valence-corrected chi connectivity index (χ2v) is 5.60. The monoisotopic (exact) mass is 379 g/mol. The summed E-state index contributed by atoms with van der Waals surface area (Å²) in [5.41, 5.74) is 1.07. The first kappa shape index (κ1) is 20.2. The molecule has 1 amide bonds. The molecule has 0 aliphatic carbocycles. The number of benzene rings is 2. The van der Waals surface area contributed by atoms with Crippen molar-refractivity contribution in [1.82, 2.24) is 4.90 Å². The number of rotatable bonds is 9. The summed E-state index contributed by atoms with van der Waals surface area (Å²) < 4.78 is 34.1. The molecule has 0 aromatic heterocycles. The van der Waals surface area contributed by atoms with Crippen molar-refractivity contribution >= 4 is 11.9 Å². The van der Waals surface area contributed by atoms with Gasteiger partial charge in [0.15, 0.2) is 11.5 Å². The molecule has 0 bridgehead atoms. The van der Waals surface area contributed by atoms with Gasteiger partial charge in [0.1, 0.15) is 6.54 Å². The molecule has 8 heteroatoms. The average molecular weight is 379 g/mol. The summed E-state index contributed by atoms with van der Waals surface area (Å²) in [6.45, 7) is -3.33. The fourth-order valence-electron chi connectivity index (χ4n) is 2.50. The topological polar surface area (TPSA) is 76.1 Å². The highest BCUT2D eigenvalue weighted by Gasteiger charge is 2.21. The van der Waals surface area contributed by atoms with E-state index in [1.807, 2.05) is 30.3 Å². The third kappa shape index (κ3) is 5.95. The van der Waals surface area contributed by atoms with Gasteiger partial charge in [0.05, 0.1) is 7.11 Å². The normalized spacial score (nSPS) is 10.5. The Kier molecular flexibility index (Phi) is 7.10. The first-order valence-electron chi connectivity index (χ1n) is 8.08. The molecular formula is C19H19F2NO5. The van der Waals surface area contributed by atoms with Crippen LogP contribution in [0, 0.1) is 0 Å². The number of hydrogen-bond donors (Lipinski definition) is 1. The highest BCUT2D eigenvalue weighted by molar-refractivity contribution is 5.96. The lowest BCUT2D eigenvalue weighted by atomic mass is 10.1. The van der Waals surface area contributed by atoms with E-state index in [0.29, 0.717) is 6.42 Å². The van der Waals surface area contributed by atoms with Crippen LogP contribution in [0.25, 0.3) is 0 Å². The predicted molar refractivity (Wildman–Crippen MR) is 93.3 cm³/mol. The maximum absolute atomic E-state index is 12.7. The van der Waals surface area contributed by atoms with Gasteiger partial charge < -0.3 is 19.5 Å². The van der Waals surface area contributed by atoms with Crippen molar-refractivity contribution < 1.29 is 33.0 Å². The van der Waals surface area contributed by atoms with E-state index in [0.717, 1.165) is 5.56 Å². The van der Waals surface area contributed by atoms with E-state index in [2.05, 4.69) is 4.74 Å². The van der Waals surface area contributed by atoms with Crippen molar-refractivity contribution in [3.63, 3.8) is 0 Å². The first-order chi connectivity index (χ1) is 12.9. The Morgan fingerprint density at radius 3 is 2.41 bits per heavy atom. The van der Waals surface area contributed by atoms with Crippen molar-refractivity contribution in [2.45, 2.75) is 13.0 Å². The third-order valence-corrected chi connectivity index (χ3v) is 3.75. The van der Waals surface area contributed by atoms with Crippen molar-refractivity contribution in [2.24, 2.45) is 0 Å². The molecule has 2 rings (SSSR count). The molecule has 0 unspecified atom stereocenters. The molecule has 1 N–H and O–H groups in total. The van der Waals surface area contributed by atoms with E-state index >= 15 is 0 Å². The molecule has 0 atom stereocenters. The zero-order chi connectivity index (χ0) is 19.8. The number of aliphatic carboxylic acids is 1. The largest absolute Gasteiger partial charge is 0.493 e. The van der Waals surface area contributed by atoms with E-state index in [-0.39, 0.29) is 23.6 Å². The highest BCUT2D eigenvalue weighted by Crippen LogP contribution is 2.30. The number of halogens is 2. The van der Waals surface area contributed by atoms with Crippen LogP contribution in [0.2, 0.25) is 0 Å². The Morgan fingerprint density at radius 2 is 1.81 bits per heavy atom. The minimum Gasteiger partial charge on any atom is -0.493 e. The van der Waals surface area contributed by atoms with Gasteiger partial charge in [-0.25, -0.2) is 0 Å². The highest BCUT2D eigenvalue weighted by atomic mass is 19.3. The van der Waals surface area contributed by atoms with Gasteiger partial charge >= 0.3 is 12.6 Å². The third-order valence-electron chi connectivity index (χ3n) is 3.75. The molecule has 2 aromatic carbocycles. The predicted octanol–water partition coefficient (Wildman–Crippen LogP) is 3.07. The number of carbonyl (C=O) groups excluding carboxylic acids is 1. The molecule has 0 heterocycles. The number of ether oxygens (including phenoxy) is 2. The van der Waals surface area contributed by atoms with Crippen LogP contribution in [0.1, 0.15) is 15.9 Å². The number of alkyl halides is 2. The molecule has 0 fully saturated rings.